The fourth-order valence-electron chi connectivity index (χ4n) is 1.95. The summed E-state index contributed by atoms with van der Waals surface area (Å²) in [6.45, 7) is 4.25. The highest BCUT2D eigenvalue weighted by molar-refractivity contribution is 5.25. The van der Waals surface area contributed by atoms with Crippen LogP contribution in [-0.4, -0.2) is 11.9 Å². The van der Waals surface area contributed by atoms with Gasteiger partial charge < -0.3 is 9.90 Å². The van der Waals surface area contributed by atoms with Crippen molar-refractivity contribution in [1.82, 2.24) is 0 Å². The Morgan fingerprint density at radius 1 is 0.889 bits per heavy atom. The molecule has 102 valence electrons. The lowest BCUT2D eigenvalue weighted by atomic mass is 10.0. The number of carbonyl (C=O) groups is 1. The van der Waals surface area contributed by atoms with Crippen LogP contribution in [0.3, 0.4) is 0 Å². The lowest BCUT2D eigenvalue weighted by molar-refractivity contribution is -0.0979. The van der Waals surface area contributed by atoms with Crippen LogP contribution in [0.2, 0.25) is 0 Å². The summed E-state index contributed by atoms with van der Waals surface area (Å²) in [5, 5.41) is 9.15. The Balaban J connectivity index is 0.00000137. The molecule has 0 bridgehead atoms. The predicted octanol–water partition coefficient (Wildman–Crippen LogP) is 4.50. The average molecular weight is 250 g/mol. The summed E-state index contributed by atoms with van der Waals surface area (Å²) in [6, 6.07) is 7.59. The van der Waals surface area contributed by atoms with Gasteiger partial charge in [-0.1, -0.05) is 57.6 Å². The van der Waals surface area contributed by atoms with Gasteiger partial charge in [-0.15, -0.1) is 0 Å². The number of hydrogen-bond acceptors (Lipinski definition) is 2. The SMILES string of the molecule is C=O.CCCCCCCCCc1ccc(O)cc1. The van der Waals surface area contributed by atoms with Gasteiger partial charge in [0.2, 0.25) is 0 Å². The second kappa shape index (κ2) is 12.2. The molecule has 0 aromatic heterocycles. The van der Waals surface area contributed by atoms with E-state index in [-0.39, 0.29) is 0 Å². The van der Waals surface area contributed by atoms with E-state index in [9.17, 15) is 0 Å². The molecule has 2 heteroatoms. The third-order valence-electron chi connectivity index (χ3n) is 3.01. The standard InChI is InChI=1S/C15H24O.CH2O/c1-2-3-4-5-6-7-8-9-14-10-12-15(16)13-11-14;1-2/h10-13,16H,2-9H2,1H3;1H2. The van der Waals surface area contributed by atoms with Gasteiger partial charge in [-0.25, -0.2) is 0 Å². The minimum atomic E-state index is 0.364. The van der Waals surface area contributed by atoms with Gasteiger partial charge >= 0.3 is 0 Å². The van der Waals surface area contributed by atoms with E-state index in [4.69, 9.17) is 9.90 Å². The first-order chi connectivity index (χ1) is 8.83. The van der Waals surface area contributed by atoms with Gasteiger partial charge in [0, 0.05) is 0 Å². The molecule has 0 heterocycles. The summed E-state index contributed by atoms with van der Waals surface area (Å²) < 4.78 is 0. The Morgan fingerprint density at radius 2 is 1.39 bits per heavy atom. The lowest BCUT2D eigenvalue weighted by Crippen LogP contribution is -1.85. The Morgan fingerprint density at radius 3 is 1.94 bits per heavy atom. The van der Waals surface area contributed by atoms with Gasteiger partial charge in [-0.3, -0.25) is 0 Å². The quantitative estimate of drug-likeness (QED) is 0.690. The first kappa shape index (κ1) is 16.7. The monoisotopic (exact) mass is 250 g/mol. The molecule has 0 unspecified atom stereocenters. The van der Waals surface area contributed by atoms with Crippen molar-refractivity contribution in [2.45, 2.75) is 58.3 Å². The van der Waals surface area contributed by atoms with E-state index in [0.717, 1.165) is 6.42 Å². The third-order valence-corrected chi connectivity index (χ3v) is 3.01. The first-order valence-corrected chi connectivity index (χ1v) is 6.89. The first-order valence-electron chi connectivity index (χ1n) is 6.89. The smallest absolute Gasteiger partial charge is 0.115 e. The van der Waals surface area contributed by atoms with E-state index in [1.807, 2.05) is 18.9 Å². The molecule has 1 N–H and O–H groups in total. The highest BCUT2D eigenvalue weighted by Crippen LogP contribution is 2.13. The van der Waals surface area contributed by atoms with Crippen LogP contribution >= 0.6 is 0 Å². The Bertz CT molecular complexity index is 280. The molecule has 1 aromatic rings. The van der Waals surface area contributed by atoms with Crippen molar-refractivity contribution < 1.29 is 9.90 Å². The molecule has 1 aromatic carbocycles. The predicted molar refractivity (Wildman–Crippen MR) is 76.9 cm³/mol. The third kappa shape index (κ3) is 8.80. The van der Waals surface area contributed by atoms with Crippen molar-refractivity contribution >= 4 is 6.79 Å². The van der Waals surface area contributed by atoms with E-state index in [0.29, 0.717) is 5.75 Å². The Hall–Kier alpha value is -1.31. The molecule has 2 nitrogen and oxygen atoms in total. The Labute approximate surface area is 111 Å². The fourth-order valence-corrected chi connectivity index (χ4v) is 1.95. The van der Waals surface area contributed by atoms with Gasteiger partial charge in [0.15, 0.2) is 0 Å². The van der Waals surface area contributed by atoms with Crippen molar-refractivity contribution in [1.29, 1.82) is 0 Å². The number of aromatic hydroxyl groups is 1. The van der Waals surface area contributed by atoms with Gasteiger partial charge in [0.1, 0.15) is 12.5 Å². The zero-order valence-electron chi connectivity index (χ0n) is 11.5. The molecule has 0 saturated carbocycles. The second-order valence-electron chi connectivity index (χ2n) is 4.54. The average Bonchev–Trinajstić information content (AvgIpc) is 2.42. The lowest BCUT2D eigenvalue weighted by Gasteiger charge is -2.02. The van der Waals surface area contributed by atoms with Crippen LogP contribution in [0.1, 0.15) is 57.4 Å². The summed E-state index contributed by atoms with van der Waals surface area (Å²) in [5.74, 6) is 0.364. The topological polar surface area (TPSA) is 37.3 Å². The minimum absolute atomic E-state index is 0.364. The van der Waals surface area contributed by atoms with Gasteiger partial charge in [0.05, 0.1) is 0 Å². The maximum Gasteiger partial charge on any atom is 0.115 e. The molecule has 18 heavy (non-hydrogen) atoms. The van der Waals surface area contributed by atoms with E-state index in [1.54, 1.807) is 12.1 Å². The zero-order valence-corrected chi connectivity index (χ0v) is 11.5. The Kier molecular flexibility index (Phi) is 11.3. The van der Waals surface area contributed by atoms with Crippen molar-refractivity contribution in [2.24, 2.45) is 0 Å². The second-order valence-corrected chi connectivity index (χ2v) is 4.54. The van der Waals surface area contributed by atoms with Crippen molar-refractivity contribution in [3.05, 3.63) is 29.8 Å². The number of hydrogen-bond donors (Lipinski definition) is 1. The molecule has 0 atom stereocenters. The summed E-state index contributed by atoms with van der Waals surface area (Å²) in [4.78, 5) is 8.00. The summed E-state index contributed by atoms with van der Waals surface area (Å²) in [7, 11) is 0. The molecular weight excluding hydrogens is 224 g/mol. The highest BCUT2D eigenvalue weighted by Gasteiger charge is 1.94. The number of rotatable bonds is 8. The molecular formula is C16H26O2. The van der Waals surface area contributed by atoms with Crippen LogP contribution in [0, 0.1) is 0 Å². The highest BCUT2D eigenvalue weighted by atomic mass is 16.3. The number of phenolic OH excluding ortho intramolecular Hbond substituents is 1. The van der Waals surface area contributed by atoms with E-state index in [2.05, 4.69) is 6.92 Å². The molecule has 0 aliphatic rings. The van der Waals surface area contributed by atoms with E-state index < -0.39 is 0 Å². The van der Waals surface area contributed by atoms with Crippen LogP contribution in [0.4, 0.5) is 0 Å². The molecule has 1 rings (SSSR count). The van der Waals surface area contributed by atoms with Gasteiger partial charge in [-0.2, -0.15) is 0 Å². The van der Waals surface area contributed by atoms with Crippen molar-refractivity contribution in [3.63, 3.8) is 0 Å². The number of unbranched alkanes of at least 4 members (excludes halogenated alkanes) is 6. The molecule has 0 fully saturated rings. The van der Waals surface area contributed by atoms with E-state index in [1.165, 1.54) is 50.5 Å². The normalized spacial score (nSPS) is 9.61. The van der Waals surface area contributed by atoms with Gasteiger partial charge in [0.25, 0.3) is 0 Å². The molecule has 0 saturated heterocycles. The van der Waals surface area contributed by atoms with Crippen LogP contribution in [0.25, 0.3) is 0 Å². The molecule has 0 aliphatic carbocycles. The molecule has 0 radical (unpaired) electrons. The van der Waals surface area contributed by atoms with Crippen LogP contribution in [-0.2, 0) is 11.2 Å². The molecule has 0 spiro atoms. The van der Waals surface area contributed by atoms with Crippen molar-refractivity contribution in [3.8, 4) is 5.75 Å². The maximum absolute atomic E-state index is 9.15. The molecule has 0 aliphatic heterocycles. The zero-order chi connectivity index (χ0) is 13.6. The number of benzene rings is 1. The summed E-state index contributed by atoms with van der Waals surface area (Å²) in [6.07, 6.45) is 10.6. The van der Waals surface area contributed by atoms with Crippen molar-refractivity contribution in [2.75, 3.05) is 0 Å². The van der Waals surface area contributed by atoms with Crippen LogP contribution < -0.4 is 0 Å². The number of aryl methyl sites for hydroxylation is 1. The summed E-state index contributed by atoms with van der Waals surface area (Å²) >= 11 is 0. The number of phenols is 1. The van der Waals surface area contributed by atoms with Crippen LogP contribution in [0.15, 0.2) is 24.3 Å². The summed E-state index contributed by atoms with van der Waals surface area (Å²) in [5.41, 5.74) is 1.34. The van der Waals surface area contributed by atoms with E-state index >= 15 is 0 Å². The largest absolute Gasteiger partial charge is 0.508 e. The fraction of sp³-hybridized carbons (Fsp3) is 0.562. The number of carbonyl (C=O) groups excluding carboxylic acids is 1. The molecule has 0 amide bonds. The maximum atomic E-state index is 9.15. The minimum Gasteiger partial charge on any atom is -0.508 e. The van der Waals surface area contributed by atoms with Crippen LogP contribution in [0.5, 0.6) is 5.75 Å². The van der Waals surface area contributed by atoms with Gasteiger partial charge in [-0.05, 0) is 30.5 Å².